The first-order valence-electron chi connectivity index (χ1n) is 25.5. The van der Waals surface area contributed by atoms with E-state index >= 15 is 0 Å². The molecule has 0 saturated carbocycles. The fourth-order valence-electron chi connectivity index (χ4n) is 7.97. The van der Waals surface area contributed by atoms with Crippen LogP contribution in [-0.2, 0) is 47.9 Å². The summed E-state index contributed by atoms with van der Waals surface area (Å²) in [4.78, 5) is 136. The number of aliphatic carboxylic acids is 1. The molecule has 1 fully saturated rings. The van der Waals surface area contributed by atoms with Crippen molar-refractivity contribution >= 4 is 70.9 Å². The maximum atomic E-state index is 14.1. The number of carbonyl (C=O) groups is 10. The zero-order valence-electron chi connectivity index (χ0n) is 44.8. The van der Waals surface area contributed by atoms with Crippen molar-refractivity contribution in [3.8, 4) is 0 Å². The van der Waals surface area contributed by atoms with Crippen LogP contribution in [0.15, 0.2) is 0 Å². The standard InChI is InChI=1S/C49H88N10O12S/c1-14-28(9)38(46(67)52-30(11)40(61)54-34(21-25(3)4)43(64)56-36(49(70)71)23-27(7)8)58-44(65)35(22-26(5)6)55-47(68)39(29(10)15-2)57-41(62)31(12)51-45(66)37-17-16-19-59(37)48(69)33(18-20-72-13)53-42(63)32(50)24-60/h25-39,60H,14-24,50H2,1-13H3,(H,51,66)(H,52,67)(H,53,63)(H,54,61)(H,55,68)(H,56,64)(H,57,62)(H,58,65)(H,70,71)/t28-,29-,30-,31-,32-,33-,34-,35-,36-,37-,38-,39-/m0/s1. The molecule has 412 valence electrons. The molecule has 0 aliphatic carbocycles. The monoisotopic (exact) mass is 1040 g/mol. The molecule has 0 aromatic heterocycles. The van der Waals surface area contributed by atoms with Crippen molar-refractivity contribution in [2.24, 2.45) is 35.3 Å². The van der Waals surface area contributed by atoms with Gasteiger partial charge in [0.25, 0.3) is 0 Å². The molecule has 12 atom stereocenters. The highest BCUT2D eigenvalue weighted by Gasteiger charge is 2.40. The number of thioether (sulfide) groups is 1. The van der Waals surface area contributed by atoms with Crippen molar-refractivity contribution in [3.05, 3.63) is 0 Å². The van der Waals surface area contributed by atoms with E-state index in [0.29, 0.717) is 31.4 Å². The highest BCUT2D eigenvalue weighted by Crippen LogP contribution is 2.21. The van der Waals surface area contributed by atoms with Crippen LogP contribution in [0.5, 0.6) is 0 Å². The van der Waals surface area contributed by atoms with Crippen LogP contribution in [0.1, 0.15) is 134 Å². The molecule has 22 nitrogen and oxygen atoms in total. The molecule has 72 heavy (non-hydrogen) atoms. The maximum absolute atomic E-state index is 14.1. The van der Waals surface area contributed by atoms with E-state index in [-0.39, 0.29) is 50.0 Å². The number of carbonyl (C=O) groups excluding carboxylic acids is 9. The number of nitrogens with zero attached hydrogens (tertiary/aromatic N) is 1. The molecular weight excluding hydrogens is 953 g/mol. The molecule has 0 radical (unpaired) electrons. The first-order valence-corrected chi connectivity index (χ1v) is 26.8. The summed E-state index contributed by atoms with van der Waals surface area (Å²) in [7, 11) is 0. The van der Waals surface area contributed by atoms with Crippen LogP contribution in [0.2, 0.25) is 0 Å². The summed E-state index contributed by atoms with van der Waals surface area (Å²) >= 11 is 1.46. The summed E-state index contributed by atoms with van der Waals surface area (Å²) in [5.41, 5.74) is 5.67. The number of hydrogen-bond donors (Lipinski definition) is 11. The summed E-state index contributed by atoms with van der Waals surface area (Å²) < 4.78 is 0. The normalized spacial score (nSPS) is 18.2. The van der Waals surface area contributed by atoms with Gasteiger partial charge in [-0.3, -0.25) is 43.2 Å². The van der Waals surface area contributed by atoms with Crippen molar-refractivity contribution < 1.29 is 58.2 Å². The molecule has 0 unspecified atom stereocenters. The van der Waals surface area contributed by atoms with Gasteiger partial charge in [-0.1, -0.05) is 82.1 Å². The van der Waals surface area contributed by atoms with Gasteiger partial charge >= 0.3 is 5.97 Å². The molecular formula is C49H88N10O12S. The second-order valence-corrected chi connectivity index (χ2v) is 21.4. The number of amides is 9. The lowest BCUT2D eigenvalue weighted by atomic mass is 9.95. The van der Waals surface area contributed by atoms with Gasteiger partial charge < -0.3 is 63.4 Å². The number of aliphatic hydroxyl groups excluding tert-OH is 1. The third-order valence-electron chi connectivity index (χ3n) is 12.7. The van der Waals surface area contributed by atoms with E-state index in [1.807, 2.05) is 61.6 Å². The predicted molar refractivity (Wildman–Crippen MR) is 274 cm³/mol. The zero-order chi connectivity index (χ0) is 55.2. The van der Waals surface area contributed by atoms with Gasteiger partial charge in [0.2, 0.25) is 53.2 Å². The quantitative estimate of drug-likeness (QED) is 0.0432. The predicted octanol–water partition coefficient (Wildman–Crippen LogP) is 0.283. The minimum absolute atomic E-state index is 0.0299. The number of likely N-dealkylation sites (tertiary alicyclic amines) is 1. The van der Waals surface area contributed by atoms with Crippen LogP contribution >= 0.6 is 11.8 Å². The number of carboxylic acid groups (broad SMARTS) is 1. The molecule has 0 spiro atoms. The summed E-state index contributed by atoms with van der Waals surface area (Å²) in [5, 5.41) is 40.4. The van der Waals surface area contributed by atoms with Crippen molar-refractivity contribution in [2.75, 3.05) is 25.2 Å². The van der Waals surface area contributed by atoms with E-state index in [1.165, 1.54) is 30.5 Å². The Bertz CT molecular complexity index is 1840. The number of rotatable bonds is 32. The average Bonchev–Trinajstić information content (AvgIpc) is 3.81. The first-order chi connectivity index (χ1) is 33.6. The summed E-state index contributed by atoms with van der Waals surface area (Å²) in [6, 6.07) is -11.3. The summed E-state index contributed by atoms with van der Waals surface area (Å²) in [6.07, 6.45) is 4.25. The first kappa shape index (κ1) is 65.0. The highest BCUT2D eigenvalue weighted by atomic mass is 32.2. The largest absolute Gasteiger partial charge is 0.480 e. The van der Waals surface area contributed by atoms with Crippen LogP contribution < -0.4 is 48.3 Å². The molecule has 0 bridgehead atoms. The second kappa shape index (κ2) is 32.2. The van der Waals surface area contributed by atoms with Crippen LogP contribution in [-0.4, -0.2) is 160 Å². The van der Waals surface area contributed by atoms with E-state index in [0.717, 1.165) is 0 Å². The molecule has 1 heterocycles. The van der Waals surface area contributed by atoms with Gasteiger partial charge in [-0.15, -0.1) is 0 Å². The molecule has 1 rings (SSSR count). The van der Waals surface area contributed by atoms with E-state index in [4.69, 9.17) is 5.73 Å². The zero-order valence-corrected chi connectivity index (χ0v) is 45.7. The molecule has 1 aliphatic rings. The Labute approximate surface area is 430 Å². The maximum Gasteiger partial charge on any atom is 0.326 e. The Hall–Kier alpha value is -5.03. The number of nitrogens with two attached hydrogens (primary N) is 1. The molecule has 12 N–H and O–H groups in total. The van der Waals surface area contributed by atoms with Gasteiger partial charge in [0.05, 0.1) is 6.61 Å². The Balaban J connectivity index is 3.22. The Morgan fingerprint density at radius 2 is 0.986 bits per heavy atom. The third kappa shape index (κ3) is 21.6. The van der Waals surface area contributed by atoms with E-state index in [1.54, 1.807) is 13.8 Å². The minimum atomic E-state index is -1.23. The molecule has 1 saturated heterocycles. The molecule has 0 aromatic carbocycles. The van der Waals surface area contributed by atoms with Crippen molar-refractivity contribution in [3.63, 3.8) is 0 Å². The number of aliphatic hydroxyl groups is 1. The number of carboxylic acids is 1. The van der Waals surface area contributed by atoms with E-state index in [9.17, 15) is 58.2 Å². The Morgan fingerprint density at radius 3 is 1.46 bits per heavy atom. The topological polar surface area (TPSA) is 337 Å². The Kier molecular flexibility index (Phi) is 29.1. The fraction of sp³-hybridized carbons (Fsp3) is 0.796. The lowest BCUT2D eigenvalue weighted by Crippen LogP contribution is -2.61. The highest BCUT2D eigenvalue weighted by molar-refractivity contribution is 7.98. The molecule has 1 aliphatic heterocycles. The lowest BCUT2D eigenvalue weighted by molar-refractivity contribution is -0.143. The van der Waals surface area contributed by atoms with Gasteiger partial charge in [-0.25, -0.2) is 4.79 Å². The fourth-order valence-corrected chi connectivity index (χ4v) is 8.44. The van der Waals surface area contributed by atoms with Crippen LogP contribution in [0.4, 0.5) is 0 Å². The van der Waals surface area contributed by atoms with Gasteiger partial charge in [0.1, 0.15) is 60.4 Å². The van der Waals surface area contributed by atoms with Crippen LogP contribution in [0.25, 0.3) is 0 Å². The molecule has 0 aromatic rings. The Morgan fingerprint density at radius 1 is 0.569 bits per heavy atom. The van der Waals surface area contributed by atoms with Crippen molar-refractivity contribution in [2.45, 2.75) is 195 Å². The SMILES string of the molecule is CC[C@H](C)[C@H](NC(=O)[C@H](C)NC(=O)[C@@H]1CCCN1C(=O)[C@H](CCSC)NC(=O)[C@@H](N)CO)C(=O)N[C@@H](CC(C)C)C(=O)N[C@H](C(=O)N[C@@H](C)C(=O)N[C@@H](CC(C)C)C(=O)N[C@@H](CC(C)C)C(=O)O)[C@@H](C)CC. The van der Waals surface area contributed by atoms with Gasteiger partial charge in [-0.05, 0) is 94.0 Å². The second-order valence-electron chi connectivity index (χ2n) is 20.4. The lowest BCUT2D eigenvalue weighted by Gasteiger charge is -2.31. The minimum Gasteiger partial charge on any atom is -0.480 e. The summed E-state index contributed by atoms with van der Waals surface area (Å²) in [6.45, 7) is 20.6. The van der Waals surface area contributed by atoms with Gasteiger partial charge in [-0.2, -0.15) is 11.8 Å². The van der Waals surface area contributed by atoms with Crippen LogP contribution in [0, 0.1) is 29.6 Å². The smallest absolute Gasteiger partial charge is 0.326 e. The molecule has 9 amide bonds. The third-order valence-corrected chi connectivity index (χ3v) is 13.3. The average molecular weight is 1040 g/mol. The molecule has 23 heteroatoms. The number of hydrogen-bond acceptors (Lipinski definition) is 13. The van der Waals surface area contributed by atoms with Crippen molar-refractivity contribution in [1.82, 2.24) is 47.4 Å². The van der Waals surface area contributed by atoms with E-state index < -0.39 is 138 Å². The van der Waals surface area contributed by atoms with Gasteiger partial charge in [0.15, 0.2) is 0 Å². The van der Waals surface area contributed by atoms with E-state index in [2.05, 4.69) is 42.5 Å². The summed E-state index contributed by atoms with van der Waals surface area (Å²) in [5.74, 6) is -7.78. The van der Waals surface area contributed by atoms with Gasteiger partial charge in [0, 0.05) is 6.54 Å². The van der Waals surface area contributed by atoms with Crippen molar-refractivity contribution in [1.29, 1.82) is 0 Å². The number of nitrogens with one attached hydrogen (secondary N) is 8. The van der Waals surface area contributed by atoms with Crippen LogP contribution in [0.3, 0.4) is 0 Å².